The molecule has 2 aliphatic rings. The number of rotatable bonds is 6. The summed E-state index contributed by atoms with van der Waals surface area (Å²) in [5, 5.41) is 3.59. The number of fused-ring (bicyclic) bond motifs is 1. The van der Waals surface area contributed by atoms with Gasteiger partial charge in [0.2, 0.25) is 5.91 Å². The maximum absolute atomic E-state index is 13.2. The topological polar surface area (TPSA) is 54.0 Å². The van der Waals surface area contributed by atoms with Crippen LogP contribution in [0.3, 0.4) is 0 Å². The Balaban J connectivity index is 1.38. The Kier molecular flexibility index (Phi) is 7.20. The average Bonchev–Trinajstić information content (AvgIpc) is 3.07. The Morgan fingerprint density at radius 1 is 0.906 bits per heavy atom. The largest absolute Gasteiger partial charge is 0.490 e. The standard InChI is InChI=1S/C26H35N3O3/c1-19(2)25(21-10-11-23-24(18-21)32-17-7-16-31-23)27-20(3)26(30)29-14-12-28(13-15-29)22-8-5-4-6-9-22/h4-6,8-11,18-20,25,27H,7,12-17H2,1-3H3. The number of ether oxygens (including phenoxy) is 2. The first kappa shape index (κ1) is 22.5. The van der Waals surface area contributed by atoms with Gasteiger partial charge in [-0.05, 0) is 42.7 Å². The smallest absolute Gasteiger partial charge is 0.239 e. The lowest BCUT2D eigenvalue weighted by atomic mass is 9.94. The minimum absolute atomic E-state index is 0.0525. The van der Waals surface area contributed by atoms with Gasteiger partial charge in [0.05, 0.1) is 19.3 Å². The summed E-state index contributed by atoms with van der Waals surface area (Å²) in [5.41, 5.74) is 2.35. The Morgan fingerprint density at radius 2 is 1.59 bits per heavy atom. The van der Waals surface area contributed by atoms with Crippen molar-refractivity contribution < 1.29 is 14.3 Å². The van der Waals surface area contributed by atoms with Crippen LogP contribution >= 0.6 is 0 Å². The van der Waals surface area contributed by atoms with Crippen LogP contribution in [0.2, 0.25) is 0 Å². The quantitative estimate of drug-likeness (QED) is 0.744. The van der Waals surface area contributed by atoms with Crippen molar-refractivity contribution in [2.45, 2.75) is 39.3 Å². The predicted molar refractivity (Wildman–Crippen MR) is 127 cm³/mol. The van der Waals surface area contributed by atoms with E-state index in [-0.39, 0.29) is 18.0 Å². The normalized spacial score (nSPS) is 18.2. The van der Waals surface area contributed by atoms with Crippen molar-refractivity contribution in [2.24, 2.45) is 5.92 Å². The molecule has 1 amide bonds. The van der Waals surface area contributed by atoms with Crippen LogP contribution in [0.25, 0.3) is 0 Å². The molecular formula is C26H35N3O3. The molecular weight excluding hydrogens is 402 g/mol. The van der Waals surface area contributed by atoms with Crippen LogP contribution < -0.4 is 19.7 Å². The third kappa shape index (κ3) is 5.18. The zero-order valence-electron chi connectivity index (χ0n) is 19.4. The van der Waals surface area contributed by atoms with Gasteiger partial charge >= 0.3 is 0 Å². The van der Waals surface area contributed by atoms with E-state index in [9.17, 15) is 4.79 Å². The number of hydrogen-bond acceptors (Lipinski definition) is 5. The van der Waals surface area contributed by atoms with E-state index in [0.29, 0.717) is 19.1 Å². The van der Waals surface area contributed by atoms with Crippen molar-refractivity contribution in [1.82, 2.24) is 10.2 Å². The first-order valence-corrected chi connectivity index (χ1v) is 11.8. The highest BCUT2D eigenvalue weighted by atomic mass is 16.5. The highest BCUT2D eigenvalue weighted by molar-refractivity contribution is 5.81. The van der Waals surface area contributed by atoms with Gasteiger partial charge in [0, 0.05) is 44.3 Å². The molecule has 6 nitrogen and oxygen atoms in total. The van der Waals surface area contributed by atoms with Crippen LogP contribution in [0, 0.1) is 5.92 Å². The van der Waals surface area contributed by atoms with Crippen LogP contribution in [0.15, 0.2) is 48.5 Å². The van der Waals surface area contributed by atoms with Gasteiger partial charge in [-0.3, -0.25) is 10.1 Å². The van der Waals surface area contributed by atoms with Gasteiger partial charge in [-0.2, -0.15) is 0 Å². The molecule has 32 heavy (non-hydrogen) atoms. The first-order valence-electron chi connectivity index (χ1n) is 11.8. The minimum Gasteiger partial charge on any atom is -0.490 e. The van der Waals surface area contributed by atoms with E-state index in [1.807, 2.05) is 24.0 Å². The lowest BCUT2D eigenvalue weighted by Gasteiger charge is -2.38. The zero-order chi connectivity index (χ0) is 22.5. The number of amides is 1. The van der Waals surface area contributed by atoms with E-state index in [1.165, 1.54) is 5.69 Å². The molecule has 6 heteroatoms. The fourth-order valence-corrected chi connectivity index (χ4v) is 4.49. The van der Waals surface area contributed by atoms with Gasteiger partial charge < -0.3 is 19.3 Å². The lowest BCUT2D eigenvalue weighted by Crippen LogP contribution is -2.54. The molecule has 2 aromatic rings. The van der Waals surface area contributed by atoms with Gasteiger partial charge in [-0.15, -0.1) is 0 Å². The number of hydrogen-bond donors (Lipinski definition) is 1. The molecule has 2 atom stereocenters. The van der Waals surface area contributed by atoms with Crippen molar-refractivity contribution in [3.8, 4) is 11.5 Å². The molecule has 1 fully saturated rings. The van der Waals surface area contributed by atoms with Crippen molar-refractivity contribution >= 4 is 11.6 Å². The molecule has 1 saturated heterocycles. The summed E-state index contributed by atoms with van der Waals surface area (Å²) in [6, 6.07) is 16.3. The second-order valence-corrected chi connectivity index (χ2v) is 9.01. The Labute approximate surface area is 191 Å². The van der Waals surface area contributed by atoms with E-state index in [0.717, 1.165) is 49.7 Å². The van der Waals surface area contributed by atoms with Crippen molar-refractivity contribution in [1.29, 1.82) is 0 Å². The molecule has 172 valence electrons. The molecule has 0 radical (unpaired) electrons. The highest BCUT2D eigenvalue weighted by Gasteiger charge is 2.28. The summed E-state index contributed by atoms with van der Waals surface area (Å²) >= 11 is 0. The van der Waals surface area contributed by atoms with Gasteiger partial charge in [0.15, 0.2) is 11.5 Å². The molecule has 2 aromatic carbocycles. The summed E-state index contributed by atoms with van der Waals surface area (Å²) in [4.78, 5) is 17.5. The average molecular weight is 438 g/mol. The lowest BCUT2D eigenvalue weighted by molar-refractivity contribution is -0.133. The van der Waals surface area contributed by atoms with Crippen LogP contribution in [0.4, 0.5) is 5.69 Å². The number of anilines is 1. The zero-order valence-corrected chi connectivity index (χ0v) is 19.4. The van der Waals surface area contributed by atoms with Crippen molar-refractivity contribution in [3.63, 3.8) is 0 Å². The predicted octanol–water partition coefficient (Wildman–Crippen LogP) is 3.87. The summed E-state index contributed by atoms with van der Waals surface area (Å²) in [6.07, 6.45) is 0.888. The third-order valence-corrected chi connectivity index (χ3v) is 6.31. The van der Waals surface area contributed by atoms with Crippen LogP contribution in [-0.2, 0) is 4.79 Å². The molecule has 0 bridgehead atoms. The number of nitrogens with zero attached hydrogens (tertiary/aromatic N) is 2. The minimum atomic E-state index is -0.262. The molecule has 0 spiro atoms. The summed E-state index contributed by atoms with van der Waals surface area (Å²) in [7, 11) is 0. The van der Waals surface area contributed by atoms with E-state index in [1.54, 1.807) is 0 Å². The monoisotopic (exact) mass is 437 g/mol. The van der Waals surface area contributed by atoms with Gasteiger partial charge in [0.1, 0.15) is 0 Å². The second-order valence-electron chi connectivity index (χ2n) is 9.01. The molecule has 0 aromatic heterocycles. The Morgan fingerprint density at radius 3 is 2.28 bits per heavy atom. The number of carbonyl (C=O) groups is 1. The van der Waals surface area contributed by atoms with E-state index >= 15 is 0 Å². The summed E-state index contributed by atoms with van der Waals surface area (Å²) in [6.45, 7) is 10.9. The van der Waals surface area contributed by atoms with Crippen LogP contribution in [0.1, 0.15) is 38.8 Å². The fraction of sp³-hybridized carbons (Fsp3) is 0.500. The first-order chi connectivity index (χ1) is 15.5. The number of nitrogens with one attached hydrogen (secondary N) is 1. The van der Waals surface area contributed by atoms with Gasteiger partial charge in [-0.25, -0.2) is 0 Å². The summed E-state index contributed by atoms with van der Waals surface area (Å²) in [5.74, 6) is 2.08. The maximum Gasteiger partial charge on any atom is 0.239 e. The van der Waals surface area contributed by atoms with Gasteiger partial charge in [0.25, 0.3) is 0 Å². The van der Waals surface area contributed by atoms with Crippen molar-refractivity contribution in [3.05, 3.63) is 54.1 Å². The number of carbonyl (C=O) groups excluding carboxylic acids is 1. The van der Waals surface area contributed by atoms with Crippen LogP contribution in [-0.4, -0.2) is 56.2 Å². The Hall–Kier alpha value is -2.73. The van der Waals surface area contributed by atoms with Gasteiger partial charge in [-0.1, -0.05) is 38.1 Å². The Bertz CT molecular complexity index is 894. The molecule has 2 heterocycles. The fourth-order valence-electron chi connectivity index (χ4n) is 4.49. The number of piperazine rings is 1. The number of benzene rings is 2. The summed E-state index contributed by atoms with van der Waals surface area (Å²) < 4.78 is 11.7. The molecule has 2 unspecified atom stereocenters. The molecule has 2 aliphatic heterocycles. The van der Waals surface area contributed by atoms with Crippen LogP contribution in [0.5, 0.6) is 11.5 Å². The molecule has 0 aliphatic carbocycles. The third-order valence-electron chi connectivity index (χ3n) is 6.31. The molecule has 4 rings (SSSR count). The molecule has 0 saturated carbocycles. The second kappa shape index (κ2) is 10.3. The van der Waals surface area contributed by atoms with E-state index in [4.69, 9.17) is 9.47 Å². The number of para-hydroxylation sites is 1. The van der Waals surface area contributed by atoms with E-state index < -0.39 is 0 Å². The molecule has 1 N–H and O–H groups in total. The van der Waals surface area contributed by atoms with E-state index in [2.05, 4.69) is 60.5 Å². The van der Waals surface area contributed by atoms with Crippen molar-refractivity contribution in [2.75, 3.05) is 44.3 Å². The highest BCUT2D eigenvalue weighted by Crippen LogP contribution is 2.34. The SMILES string of the molecule is CC(NC(c1ccc2c(c1)OCCCO2)C(C)C)C(=O)N1CCN(c2ccccc2)CC1. The maximum atomic E-state index is 13.2.